The summed E-state index contributed by atoms with van der Waals surface area (Å²) in [5, 5.41) is 12.1. The van der Waals surface area contributed by atoms with Crippen molar-refractivity contribution >= 4 is 17.5 Å². The van der Waals surface area contributed by atoms with E-state index < -0.39 is 42.6 Å². The van der Waals surface area contributed by atoms with Gasteiger partial charge < -0.3 is 20.7 Å². The van der Waals surface area contributed by atoms with Crippen LogP contribution in [0.15, 0.2) is 24.7 Å². The number of hydrogen-bond acceptors (Lipinski definition) is 8. The number of primary amides is 1. The first-order chi connectivity index (χ1) is 16.2. The van der Waals surface area contributed by atoms with E-state index in [1.807, 2.05) is 6.07 Å². The average Bonchev–Trinajstić information content (AvgIpc) is 3.64. The maximum absolute atomic E-state index is 13.2. The van der Waals surface area contributed by atoms with Crippen LogP contribution in [-0.2, 0) is 19.7 Å². The molecule has 13 heteroatoms. The van der Waals surface area contributed by atoms with Gasteiger partial charge in [0.1, 0.15) is 6.07 Å². The first-order valence-corrected chi connectivity index (χ1v) is 10.4. The van der Waals surface area contributed by atoms with E-state index in [1.165, 1.54) is 24.7 Å². The normalized spacial score (nSPS) is 19.2. The monoisotopic (exact) mass is 475 g/mol. The van der Waals surface area contributed by atoms with E-state index in [2.05, 4.69) is 20.3 Å². The van der Waals surface area contributed by atoms with Gasteiger partial charge in [-0.15, -0.1) is 0 Å². The van der Waals surface area contributed by atoms with Gasteiger partial charge in [-0.05, 0) is 18.9 Å². The number of carbonyl (C=O) groups is 2. The number of halogens is 3. The zero-order valence-corrected chi connectivity index (χ0v) is 17.8. The molecular weight excluding hydrogens is 455 g/mol. The van der Waals surface area contributed by atoms with Gasteiger partial charge in [0, 0.05) is 18.3 Å². The number of nitriles is 1. The zero-order chi connectivity index (χ0) is 24.5. The van der Waals surface area contributed by atoms with Crippen LogP contribution in [0, 0.1) is 11.3 Å². The van der Waals surface area contributed by atoms with Crippen molar-refractivity contribution in [1.82, 2.24) is 19.9 Å². The summed E-state index contributed by atoms with van der Waals surface area (Å²) in [6.07, 6.45) is 0.881. The topological polar surface area (TPSA) is 147 Å². The minimum atomic E-state index is -4.62. The number of hydrogen-bond donors (Lipinski definition) is 2. The Kier molecular flexibility index (Phi) is 6.09. The molecule has 0 bridgehead atoms. The van der Waals surface area contributed by atoms with Crippen molar-refractivity contribution in [2.75, 3.05) is 31.6 Å². The number of anilines is 1. The third-order valence-corrected chi connectivity index (χ3v) is 5.91. The Morgan fingerprint density at radius 3 is 2.62 bits per heavy atom. The summed E-state index contributed by atoms with van der Waals surface area (Å²) in [4.78, 5) is 37.6. The number of alkyl halides is 3. The standard InChI is InChI=1S/C21H20F3N7O3/c22-21(23,24)17-11-34-4-3-31(17)18(32)10-29-13-5-12(7-27-14(13)6-25)15-8-30-16(9-28-15)20(1-2-20)19(26)33/h5,7-9,17,29H,1-4,10-11H2,(H2,26,33)/t17-/m0/s1. The van der Waals surface area contributed by atoms with Crippen LogP contribution in [0.5, 0.6) is 0 Å². The number of nitrogens with one attached hydrogen (secondary N) is 1. The fourth-order valence-electron chi connectivity index (χ4n) is 3.75. The summed E-state index contributed by atoms with van der Waals surface area (Å²) < 4.78 is 44.6. The van der Waals surface area contributed by atoms with E-state index in [1.54, 1.807) is 0 Å². The van der Waals surface area contributed by atoms with Crippen LogP contribution in [0.3, 0.4) is 0 Å². The Balaban J connectivity index is 1.50. The zero-order valence-electron chi connectivity index (χ0n) is 17.8. The smallest absolute Gasteiger partial charge is 0.377 e. The second kappa shape index (κ2) is 8.86. The largest absolute Gasteiger partial charge is 0.411 e. The van der Waals surface area contributed by atoms with Gasteiger partial charge in [-0.3, -0.25) is 19.6 Å². The Morgan fingerprint density at radius 2 is 2.03 bits per heavy atom. The summed E-state index contributed by atoms with van der Waals surface area (Å²) in [5.41, 5.74) is 6.11. The van der Waals surface area contributed by atoms with Crippen molar-refractivity contribution in [1.29, 1.82) is 5.26 Å². The molecule has 2 aromatic heterocycles. The van der Waals surface area contributed by atoms with Gasteiger partial charge in [0.05, 0.1) is 54.6 Å². The number of amides is 2. The highest BCUT2D eigenvalue weighted by Gasteiger charge is 2.51. The molecule has 0 unspecified atom stereocenters. The lowest BCUT2D eigenvalue weighted by Gasteiger charge is -2.36. The Hall–Kier alpha value is -3.79. The number of carbonyl (C=O) groups excluding carboxylic acids is 2. The molecule has 3 heterocycles. The summed E-state index contributed by atoms with van der Waals surface area (Å²) in [7, 11) is 0. The molecule has 34 heavy (non-hydrogen) atoms. The Bertz CT molecular complexity index is 1140. The van der Waals surface area contributed by atoms with Gasteiger partial charge >= 0.3 is 6.18 Å². The van der Waals surface area contributed by atoms with Crippen molar-refractivity contribution in [3.8, 4) is 17.3 Å². The van der Waals surface area contributed by atoms with Crippen molar-refractivity contribution in [3.05, 3.63) is 36.0 Å². The molecule has 1 atom stereocenters. The minimum absolute atomic E-state index is 0.00447. The SMILES string of the molecule is N#Cc1ncc(-c2cnc(C3(C(N)=O)CC3)cn2)cc1NCC(=O)N1CCOC[C@H]1C(F)(F)F. The maximum Gasteiger partial charge on any atom is 0.411 e. The van der Waals surface area contributed by atoms with Gasteiger partial charge in [0.25, 0.3) is 0 Å². The van der Waals surface area contributed by atoms with E-state index in [9.17, 15) is 28.0 Å². The fraction of sp³-hybridized carbons (Fsp3) is 0.429. The molecule has 10 nitrogen and oxygen atoms in total. The third-order valence-electron chi connectivity index (χ3n) is 5.91. The van der Waals surface area contributed by atoms with Crippen molar-refractivity contribution in [2.45, 2.75) is 30.5 Å². The number of ether oxygens (including phenoxy) is 1. The van der Waals surface area contributed by atoms with Gasteiger partial charge in [-0.1, -0.05) is 0 Å². The van der Waals surface area contributed by atoms with E-state index in [4.69, 9.17) is 10.5 Å². The Labute approximate surface area is 191 Å². The summed E-state index contributed by atoms with van der Waals surface area (Å²) >= 11 is 0. The van der Waals surface area contributed by atoms with Crippen LogP contribution in [-0.4, -0.2) is 70.2 Å². The maximum atomic E-state index is 13.2. The molecule has 1 saturated carbocycles. The molecule has 2 aromatic rings. The van der Waals surface area contributed by atoms with Crippen LogP contribution < -0.4 is 11.1 Å². The van der Waals surface area contributed by atoms with Gasteiger partial charge in [-0.25, -0.2) is 4.98 Å². The number of rotatable bonds is 6. The lowest BCUT2D eigenvalue weighted by atomic mass is 10.0. The van der Waals surface area contributed by atoms with E-state index in [-0.39, 0.29) is 24.5 Å². The van der Waals surface area contributed by atoms with E-state index >= 15 is 0 Å². The summed E-state index contributed by atoms with van der Waals surface area (Å²) in [6.45, 7) is -1.28. The fourth-order valence-corrected chi connectivity index (χ4v) is 3.75. The number of aromatic nitrogens is 3. The predicted octanol–water partition coefficient (Wildman–Crippen LogP) is 1.13. The van der Waals surface area contributed by atoms with Gasteiger partial charge in [0.15, 0.2) is 11.7 Å². The molecule has 0 aromatic carbocycles. The molecule has 2 amide bonds. The molecule has 0 spiro atoms. The molecule has 2 aliphatic rings. The van der Waals surface area contributed by atoms with Crippen LogP contribution in [0.2, 0.25) is 0 Å². The molecule has 3 N–H and O–H groups in total. The molecule has 1 saturated heterocycles. The lowest BCUT2D eigenvalue weighted by Crippen LogP contribution is -2.56. The second-order valence-corrected chi connectivity index (χ2v) is 8.04. The first-order valence-electron chi connectivity index (χ1n) is 10.4. The highest BCUT2D eigenvalue weighted by atomic mass is 19.4. The summed E-state index contributed by atoms with van der Waals surface area (Å²) in [6, 6.07) is 1.35. The number of pyridine rings is 1. The predicted molar refractivity (Wildman–Crippen MR) is 111 cm³/mol. The first kappa shape index (κ1) is 23.4. The molecule has 1 aliphatic heterocycles. The van der Waals surface area contributed by atoms with Crippen molar-refractivity contribution < 1.29 is 27.5 Å². The molecule has 4 rings (SSSR count). The van der Waals surface area contributed by atoms with Crippen LogP contribution in [0.25, 0.3) is 11.3 Å². The highest BCUT2D eigenvalue weighted by molar-refractivity contribution is 5.89. The minimum Gasteiger partial charge on any atom is -0.377 e. The molecule has 178 valence electrons. The molecule has 2 fully saturated rings. The van der Waals surface area contributed by atoms with Crippen LogP contribution in [0.4, 0.5) is 18.9 Å². The van der Waals surface area contributed by atoms with Gasteiger partial charge in [0.2, 0.25) is 11.8 Å². The second-order valence-electron chi connectivity index (χ2n) is 8.04. The van der Waals surface area contributed by atoms with E-state index in [0.717, 1.165) is 4.90 Å². The van der Waals surface area contributed by atoms with Crippen molar-refractivity contribution in [3.63, 3.8) is 0 Å². The van der Waals surface area contributed by atoms with Crippen LogP contribution >= 0.6 is 0 Å². The quantitative estimate of drug-likeness (QED) is 0.632. The number of nitrogens with zero attached hydrogens (tertiary/aromatic N) is 5. The Morgan fingerprint density at radius 1 is 1.26 bits per heavy atom. The molecular formula is C21H20F3N7O3. The molecule has 1 aliphatic carbocycles. The van der Waals surface area contributed by atoms with Crippen LogP contribution in [0.1, 0.15) is 24.2 Å². The summed E-state index contributed by atoms with van der Waals surface area (Å²) in [5.74, 6) is -1.25. The lowest BCUT2D eigenvalue weighted by molar-refractivity contribution is -0.212. The third kappa shape index (κ3) is 4.49. The van der Waals surface area contributed by atoms with Crippen molar-refractivity contribution in [2.24, 2.45) is 5.73 Å². The van der Waals surface area contributed by atoms with Gasteiger partial charge in [-0.2, -0.15) is 18.4 Å². The number of morpholine rings is 1. The number of nitrogens with two attached hydrogens (primary N) is 1. The van der Waals surface area contributed by atoms with E-state index in [0.29, 0.717) is 29.8 Å². The highest BCUT2D eigenvalue weighted by Crippen LogP contribution is 2.46. The molecule has 0 radical (unpaired) electrons. The average molecular weight is 475 g/mol.